The van der Waals surface area contributed by atoms with E-state index in [1.165, 1.54) is 4.90 Å². The Labute approximate surface area is 151 Å². The van der Waals surface area contributed by atoms with Crippen LogP contribution in [0.2, 0.25) is 0 Å². The smallest absolute Gasteiger partial charge is 0.315 e. The van der Waals surface area contributed by atoms with E-state index in [-0.39, 0.29) is 12.5 Å². The molecule has 1 aliphatic rings. The first-order valence-electron chi connectivity index (χ1n) is 7.70. The van der Waals surface area contributed by atoms with Gasteiger partial charge in [0.2, 0.25) is 0 Å². The molecule has 0 aromatic heterocycles. The summed E-state index contributed by atoms with van der Waals surface area (Å²) in [6, 6.07) is 7.49. The van der Waals surface area contributed by atoms with Crippen LogP contribution in [-0.2, 0) is 20.9 Å². The number of amides is 1. The number of hydrogen-bond acceptors (Lipinski definition) is 4. The number of alkyl halides is 2. The van der Waals surface area contributed by atoms with Crippen molar-refractivity contribution in [1.29, 1.82) is 0 Å². The number of likely N-dealkylation sites (N-methyl/N-ethyl adjacent to an activating group) is 1. The lowest BCUT2D eigenvalue weighted by molar-refractivity contribution is -0.156. The fourth-order valence-corrected chi connectivity index (χ4v) is 2.93. The molecule has 1 saturated carbocycles. The van der Waals surface area contributed by atoms with Crippen LogP contribution in [-0.4, -0.2) is 41.4 Å². The standard InChI is InChI=1S/C17H21Cl2NO4/c1-4-23-13-7-5-12(6-8-13)9-20(3)14(21)10-24-15(22)16(2)11-17(16,18)19/h5-8H,4,9-11H2,1-3H3. The number of carbonyl (C=O) groups is 2. The van der Waals surface area contributed by atoms with Gasteiger partial charge in [0.1, 0.15) is 15.5 Å². The SMILES string of the molecule is CCOc1ccc(CN(C)C(=O)COC(=O)C2(C)CC2(Cl)Cl)cc1. The Balaban J connectivity index is 1.81. The molecular weight excluding hydrogens is 353 g/mol. The maximum Gasteiger partial charge on any atom is 0.315 e. The Morgan fingerprint density at radius 2 is 1.83 bits per heavy atom. The molecule has 1 aliphatic carbocycles. The van der Waals surface area contributed by atoms with Gasteiger partial charge in [-0.05, 0) is 31.5 Å². The molecule has 1 unspecified atom stereocenters. The van der Waals surface area contributed by atoms with Gasteiger partial charge in [0.15, 0.2) is 6.61 Å². The highest BCUT2D eigenvalue weighted by molar-refractivity contribution is 6.53. The van der Waals surface area contributed by atoms with Crippen LogP contribution in [0.5, 0.6) is 5.75 Å². The normalized spacial score (nSPS) is 21.0. The highest BCUT2D eigenvalue weighted by atomic mass is 35.5. The molecule has 0 radical (unpaired) electrons. The van der Waals surface area contributed by atoms with Crippen LogP contribution >= 0.6 is 23.2 Å². The first-order valence-corrected chi connectivity index (χ1v) is 8.46. The summed E-state index contributed by atoms with van der Waals surface area (Å²) in [5.74, 6) is -0.0565. The summed E-state index contributed by atoms with van der Waals surface area (Å²) in [7, 11) is 1.65. The molecule has 1 aromatic rings. The van der Waals surface area contributed by atoms with E-state index in [4.69, 9.17) is 32.7 Å². The van der Waals surface area contributed by atoms with E-state index in [9.17, 15) is 9.59 Å². The van der Waals surface area contributed by atoms with Gasteiger partial charge in [-0.1, -0.05) is 12.1 Å². The highest BCUT2D eigenvalue weighted by Gasteiger charge is 2.69. The molecule has 1 aromatic carbocycles. The van der Waals surface area contributed by atoms with Gasteiger partial charge in [-0.2, -0.15) is 0 Å². The largest absolute Gasteiger partial charge is 0.494 e. The van der Waals surface area contributed by atoms with Crippen molar-refractivity contribution in [3.8, 4) is 5.75 Å². The van der Waals surface area contributed by atoms with Crippen LogP contribution in [0.25, 0.3) is 0 Å². The van der Waals surface area contributed by atoms with Crippen molar-refractivity contribution in [3.05, 3.63) is 29.8 Å². The number of ether oxygens (including phenoxy) is 2. The van der Waals surface area contributed by atoms with E-state index >= 15 is 0 Å². The minimum atomic E-state index is -1.10. The number of nitrogens with zero attached hydrogens (tertiary/aromatic N) is 1. The van der Waals surface area contributed by atoms with E-state index in [2.05, 4.69) is 0 Å². The summed E-state index contributed by atoms with van der Waals surface area (Å²) < 4.78 is 9.33. The van der Waals surface area contributed by atoms with Crippen LogP contribution in [0.4, 0.5) is 0 Å². The van der Waals surface area contributed by atoms with Crippen LogP contribution < -0.4 is 4.74 Å². The molecule has 1 amide bonds. The van der Waals surface area contributed by atoms with Gasteiger partial charge >= 0.3 is 5.97 Å². The lowest BCUT2D eigenvalue weighted by Gasteiger charge is -2.18. The Kier molecular flexibility index (Phi) is 5.66. The minimum Gasteiger partial charge on any atom is -0.494 e. The molecular formula is C17H21Cl2NO4. The summed E-state index contributed by atoms with van der Waals surface area (Å²) in [6.45, 7) is 4.24. The second kappa shape index (κ2) is 7.19. The molecule has 1 atom stereocenters. The third kappa shape index (κ3) is 4.14. The number of esters is 1. The molecule has 7 heteroatoms. The minimum absolute atomic E-state index is 0.295. The second-order valence-electron chi connectivity index (χ2n) is 6.12. The quantitative estimate of drug-likeness (QED) is 0.544. The maximum absolute atomic E-state index is 12.1. The van der Waals surface area contributed by atoms with Gasteiger partial charge in [-0.25, -0.2) is 0 Å². The summed E-state index contributed by atoms with van der Waals surface area (Å²) >= 11 is 11.8. The molecule has 2 rings (SSSR count). The predicted octanol–water partition coefficient (Wildman–Crippen LogP) is 3.17. The van der Waals surface area contributed by atoms with Gasteiger partial charge in [0, 0.05) is 20.0 Å². The van der Waals surface area contributed by atoms with E-state index in [0.29, 0.717) is 19.6 Å². The monoisotopic (exact) mass is 373 g/mol. The molecule has 24 heavy (non-hydrogen) atoms. The van der Waals surface area contributed by atoms with E-state index in [1.54, 1.807) is 14.0 Å². The van der Waals surface area contributed by atoms with Crippen molar-refractivity contribution in [2.75, 3.05) is 20.3 Å². The van der Waals surface area contributed by atoms with Crippen molar-refractivity contribution in [2.45, 2.75) is 31.1 Å². The number of benzene rings is 1. The van der Waals surface area contributed by atoms with Crippen molar-refractivity contribution in [3.63, 3.8) is 0 Å². The van der Waals surface area contributed by atoms with Gasteiger partial charge < -0.3 is 14.4 Å². The third-order valence-electron chi connectivity index (χ3n) is 4.11. The molecule has 0 saturated heterocycles. The fraction of sp³-hybridized carbons (Fsp3) is 0.529. The number of hydrogen-bond donors (Lipinski definition) is 0. The maximum atomic E-state index is 12.1. The predicted molar refractivity (Wildman–Crippen MR) is 92.2 cm³/mol. The zero-order valence-corrected chi connectivity index (χ0v) is 15.5. The molecule has 1 fully saturated rings. The Bertz CT molecular complexity index is 618. The number of rotatable bonds is 7. The lowest BCUT2D eigenvalue weighted by Crippen LogP contribution is -2.32. The average Bonchev–Trinajstić information content (AvgIpc) is 3.06. The first kappa shape index (κ1) is 18.9. The van der Waals surface area contributed by atoms with Gasteiger partial charge in [0.25, 0.3) is 5.91 Å². The zero-order valence-electron chi connectivity index (χ0n) is 14.0. The Morgan fingerprint density at radius 1 is 1.25 bits per heavy atom. The number of carbonyl (C=O) groups excluding carboxylic acids is 2. The molecule has 0 heterocycles. The summed E-state index contributed by atoms with van der Waals surface area (Å²) in [4.78, 5) is 25.5. The van der Waals surface area contributed by atoms with E-state index in [1.807, 2.05) is 31.2 Å². The van der Waals surface area contributed by atoms with Crippen molar-refractivity contribution in [2.24, 2.45) is 5.41 Å². The van der Waals surface area contributed by atoms with Crippen LogP contribution in [0, 0.1) is 5.41 Å². The highest BCUT2D eigenvalue weighted by Crippen LogP contribution is 2.64. The van der Waals surface area contributed by atoms with Crippen LogP contribution in [0.3, 0.4) is 0 Å². The van der Waals surface area contributed by atoms with Gasteiger partial charge in [-0.15, -0.1) is 23.2 Å². The topological polar surface area (TPSA) is 55.8 Å². The third-order valence-corrected chi connectivity index (χ3v) is 5.22. The van der Waals surface area contributed by atoms with Gasteiger partial charge in [-0.3, -0.25) is 9.59 Å². The van der Waals surface area contributed by atoms with Gasteiger partial charge in [0.05, 0.1) is 6.61 Å². The summed E-state index contributed by atoms with van der Waals surface area (Å²) in [5, 5.41) is 0. The average molecular weight is 374 g/mol. The van der Waals surface area contributed by atoms with E-state index in [0.717, 1.165) is 11.3 Å². The van der Waals surface area contributed by atoms with Crippen LogP contribution in [0.15, 0.2) is 24.3 Å². The molecule has 132 valence electrons. The van der Waals surface area contributed by atoms with Crippen LogP contribution in [0.1, 0.15) is 25.8 Å². The van der Waals surface area contributed by atoms with Crippen molar-refractivity contribution >= 4 is 35.1 Å². The molecule has 0 spiro atoms. The van der Waals surface area contributed by atoms with E-state index < -0.39 is 15.7 Å². The second-order valence-corrected chi connectivity index (χ2v) is 7.60. The lowest BCUT2D eigenvalue weighted by atomic mass is 10.1. The molecule has 0 bridgehead atoms. The first-order chi connectivity index (χ1) is 11.2. The van der Waals surface area contributed by atoms with Crippen molar-refractivity contribution in [1.82, 2.24) is 4.90 Å². The summed E-state index contributed by atoms with van der Waals surface area (Å²) in [6.07, 6.45) is 0.332. The summed E-state index contributed by atoms with van der Waals surface area (Å²) in [5.41, 5.74) is 0.0275. The fourth-order valence-electron chi connectivity index (χ4n) is 2.24. The molecule has 5 nitrogen and oxygen atoms in total. The number of halogens is 2. The zero-order chi connectivity index (χ0) is 18.0. The van der Waals surface area contributed by atoms with Crippen molar-refractivity contribution < 1.29 is 19.1 Å². The Morgan fingerprint density at radius 3 is 2.33 bits per heavy atom. The Hall–Kier alpha value is -1.46. The molecule has 0 N–H and O–H groups in total. The molecule has 0 aliphatic heterocycles.